The van der Waals surface area contributed by atoms with Crippen LogP contribution in [0.4, 0.5) is 0 Å². The maximum absolute atomic E-state index is 11.7. The van der Waals surface area contributed by atoms with Gasteiger partial charge in [-0.05, 0) is 25.0 Å². The molecule has 0 spiro atoms. The molecule has 0 radical (unpaired) electrons. The summed E-state index contributed by atoms with van der Waals surface area (Å²) in [6.07, 6.45) is 1.86. The zero-order chi connectivity index (χ0) is 14.1. The Morgan fingerprint density at radius 2 is 1.79 bits per heavy atom. The molecule has 0 aliphatic rings. The number of ether oxygens (including phenoxy) is 2. The first-order valence-electron chi connectivity index (χ1n) is 6.21. The van der Waals surface area contributed by atoms with Gasteiger partial charge in [0, 0.05) is 38.2 Å². The van der Waals surface area contributed by atoms with E-state index in [-0.39, 0.29) is 6.29 Å². The Bertz CT molecular complexity index is 388. The van der Waals surface area contributed by atoms with Crippen LogP contribution in [0.5, 0.6) is 0 Å². The summed E-state index contributed by atoms with van der Waals surface area (Å²) in [7, 11) is 4.57. The molecular formula is C14H21NO4. The van der Waals surface area contributed by atoms with Crippen molar-refractivity contribution in [2.24, 2.45) is 0 Å². The average Bonchev–Trinajstić information content (AvgIpc) is 2.48. The summed E-state index contributed by atoms with van der Waals surface area (Å²) in [6.45, 7) is 0. The molecule has 0 fully saturated rings. The maximum Gasteiger partial charge on any atom is 0.252 e. The van der Waals surface area contributed by atoms with E-state index in [9.17, 15) is 5.21 Å². The molecule has 1 aromatic carbocycles. The van der Waals surface area contributed by atoms with E-state index in [2.05, 4.69) is 0 Å². The van der Waals surface area contributed by atoms with Crippen LogP contribution in [0.15, 0.2) is 30.3 Å². The predicted octanol–water partition coefficient (Wildman–Crippen LogP) is 2.34. The van der Waals surface area contributed by atoms with Gasteiger partial charge in [0.25, 0.3) is 5.71 Å². The van der Waals surface area contributed by atoms with Crippen LogP contribution >= 0.6 is 0 Å². The molecule has 0 bridgehead atoms. The van der Waals surface area contributed by atoms with Gasteiger partial charge >= 0.3 is 0 Å². The zero-order valence-electron chi connectivity index (χ0n) is 11.7. The molecule has 1 rings (SSSR count). The van der Waals surface area contributed by atoms with Crippen molar-refractivity contribution in [1.29, 1.82) is 0 Å². The van der Waals surface area contributed by atoms with Gasteiger partial charge in [0.2, 0.25) is 0 Å². The standard InChI is InChI=1S/C14H21NO4/c1-17-14(18-2)11-7-10-13(15(16)19-3)12-8-5-4-6-9-12/h4-6,8-9,14H,7,10-11H2,1-3H3. The Morgan fingerprint density at radius 3 is 2.32 bits per heavy atom. The van der Waals surface area contributed by atoms with Crippen LogP contribution in [0.2, 0.25) is 0 Å². The Kier molecular flexibility index (Phi) is 6.92. The van der Waals surface area contributed by atoms with Crippen molar-refractivity contribution in [3.63, 3.8) is 0 Å². The van der Waals surface area contributed by atoms with Gasteiger partial charge in [-0.2, -0.15) is 0 Å². The van der Waals surface area contributed by atoms with Crippen molar-refractivity contribution in [3.8, 4) is 0 Å². The summed E-state index contributed by atoms with van der Waals surface area (Å²) in [5.74, 6) is 0. The first kappa shape index (κ1) is 15.5. The lowest BCUT2D eigenvalue weighted by molar-refractivity contribution is -0.733. The zero-order valence-corrected chi connectivity index (χ0v) is 11.7. The normalized spacial score (nSPS) is 12.4. The Labute approximate surface area is 113 Å². The van der Waals surface area contributed by atoms with Crippen molar-refractivity contribution in [1.82, 2.24) is 0 Å². The number of hydrogen-bond donors (Lipinski definition) is 0. The minimum atomic E-state index is -0.236. The lowest BCUT2D eigenvalue weighted by Gasteiger charge is -2.12. The van der Waals surface area contributed by atoms with Gasteiger partial charge in [0.05, 0.1) is 0 Å². The SMILES string of the molecule is COC(CCCC(c1ccccc1)=[N+]([O-])OC)OC. The van der Waals surface area contributed by atoms with Crippen LogP contribution in [0.25, 0.3) is 0 Å². The van der Waals surface area contributed by atoms with Crippen molar-refractivity contribution < 1.29 is 19.2 Å². The molecule has 0 saturated heterocycles. The molecule has 0 amide bonds. The third-order valence-corrected chi connectivity index (χ3v) is 2.87. The summed E-state index contributed by atoms with van der Waals surface area (Å²) in [6, 6.07) is 9.49. The molecule has 0 saturated carbocycles. The van der Waals surface area contributed by atoms with Crippen LogP contribution in [0, 0.1) is 5.21 Å². The molecule has 0 N–H and O–H groups in total. The first-order chi connectivity index (χ1) is 9.22. The van der Waals surface area contributed by atoms with E-state index < -0.39 is 0 Å². The van der Waals surface area contributed by atoms with Crippen LogP contribution in [0.3, 0.4) is 0 Å². The highest BCUT2D eigenvalue weighted by Gasteiger charge is 2.16. The third-order valence-electron chi connectivity index (χ3n) is 2.87. The molecule has 5 heteroatoms. The fraction of sp³-hybridized carbons (Fsp3) is 0.500. The van der Waals surface area contributed by atoms with Gasteiger partial charge in [0.15, 0.2) is 6.29 Å². The van der Waals surface area contributed by atoms with Gasteiger partial charge in [-0.15, -0.1) is 0 Å². The molecule has 0 heterocycles. The summed E-state index contributed by atoms with van der Waals surface area (Å²) >= 11 is 0. The molecule has 0 unspecified atom stereocenters. The third kappa shape index (κ3) is 4.89. The fourth-order valence-corrected chi connectivity index (χ4v) is 1.85. The minimum absolute atomic E-state index is 0.236. The largest absolute Gasteiger partial charge is 0.406 e. The number of nitrogens with zero attached hydrogens (tertiary/aromatic N) is 1. The van der Waals surface area contributed by atoms with E-state index in [0.717, 1.165) is 18.4 Å². The highest BCUT2D eigenvalue weighted by Crippen LogP contribution is 2.11. The second kappa shape index (κ2) is 8.50. The van der Waals surface area contributed by atoms with E-state index in [1.54, 1.807) is 14.2 Å². The van der Waals surface area contributed by atoms with E-state index in [0.29, 0.717) is 17.0 Å². The highest BCUT2D eigenvalue weighted by atomic mass is 16.9. The monoisotopic (exact) mass is 267 g/mol. The lowest BCUT2D eigenvalue weighted by atomic mass is 10.0. The lowest BCUT2D eigenvalue weighted by Crippen LogP contribution is -2.18. The number of rotatable bonds is 8. The molecule has 0 aliphatic heterocycles. The van der Waals surface area contributed by atoms with Crippen LogP contribution < -0.4 is 0 Å². The predicted molar refractivity (Wildman–Crippen MR) is 72.8 cm³/mol. The van der Waals surface area contributed by atoms with Crippen LogP contribution in [-0.2, 0) is 14.3 Å². The fourth-order valence-electron chi connectivity index (χ4n) is 1.85. The van der Waals surface area contributed by atoms with Gasteiger partial charge < -0.3 is 14.3 Å². The molecular weight excluding hydrogens is 246 g/mol. The topological polar surface area (TPSA) is 53.8 Å². The Hall–Kier alpha value is -1.59. The Balaban J connectivity index is 2.68. The average molecular weight is 267 g/mol. The Morgan fingerprint density at radius 1 is 1.16 bits per heavy atom. The second-order valence-electron chi connectivity index (χ2n) is 4.05. The van der Waals surface area contributed by atoms with Gasteiger partial charge in [0.1, 0.15) is 0 Å². The molecule has 0 aromatic heterocycles. The van der Waals surface area contributed by atoms with Gasteiger partial charge in [-0.3, -0.25) is 5.21 Å². The van der Waals surface area contributed by atoms with Crippen molar-refractivity contribution >= 4 is 5.71 Å². The number of benzene rings is 1. The second-order valence-corrected chi connectivity index (χ2v) is 4.05. The smallest absolute Gasteiger partial charge is 0.252 e. The van der Waals surface area contributed by atoms with E-state index in [4.69, 9.17) is 14.3 Å². The van der Waals surface area contributed by atoms with Gasteiger partial charge in [-0.25, -0.2) is 0 Å². The molecule has 106 valence electrons. The van der Waals surface area contributed by atoms with E-state index in [1.165, 1.54) is 7.11 Å². The van der Waals surface area contributed by atoms with Gasteiger partial charge in [-0.1, -0.05) is 18.2 Å². The summed E-state index contributed by atoms with van der Waals surface area (Å²) in [4.78, 5) is 5.31. The molecule has 19 heavy (non-hydrogen) atoms. The van der Waals surface area contributed by atoms with Crippen LogP contribution in [0.1, 0.15) is 24.8 Å². The highest BCUT2D eigenvalue weighted by molar-refractivity contribution is 5.96. The number of methoxy groups -OCH3 is 2. The molecule has 1 aromatic rings. The maximum atomic E-state index is 11.7. The first-order valence-corrected chi connectivity index (χ1v) is 6.21. The molecule has 5 nitrogen and oxygen atoms in total. The van der Waals surface area contributed by atoms with Crippen molar-refractivity contribution in [2.45, 2.75) is 25.6 Å². The minimum Gasteiger partial charge on any atom is -0.406 e. The summed E-state index contributed by atoms with van der Waals surface area (Å²) in [5, 5.41) is 11.7. The quantitative estimate of drug-likeness (QED) is 0.314. The molecule has 0 atom stereocenters. The number of hydrogen-bond acceptors (Lipinski definition) is 4. The van der Waals surface area contributed by atoms with Crippen LogP contribution in [-0.4, -0.2) is 38.2 Å². The van der Waals surface area contributed by atoms with Crippen molar-refractivity contribution in [3.05, 3.63) is 41.1 Å². The molecule has 0 aliphatic carbocycles. The van der Waals surface area contributed by atoms with E-state index in [1.807, 2.05) is 30.3 Å². The summed E-state index contributed by atoms with van der Waals surface area (Å²) in [5.41, 5.74) is 1.47. The van der Waals surface area contributed by atoms with E-state index >= 15 is 0 Å². The summed E-state index contributed by atoms with van der Waals surface area (Å²) < 4.78 is 10.2. The van der Waals surface area contributed by atoms with Crippen molar-refractivity contribution in [2.75, 3.05) is 21.3 Å².